The summed E-state index contributed by atoms with van der Waals surface area (Å²) < 4.78 is 19.2. The molecule has 1 amide bonds. The molecule has 5 nitrogen and oxygen atoms in total. The molecule has 1 heterocycles. The van der Waals surface area contributed by atoms with Crippen molar-refractivity contribution in [2.24, 2.45) is 5.92 Å². The number of aromatic nitrogens is 1. The van der Waals surface area contributed by atoms with Gasteiger partial charge in [0.1, 0.15) is 17.3 Å². The van der Waals surface area contributed by atoms with Gasteiger partial charge in [0.25, 0.3) is 5.91 Å². The third kappa shape index (κ3) is 6.51. The maximum Gasteiger partial charge on any atom is 0.267 e. The quantitative estimate of drug-likeness (QED) is 0.319. The highest BCUT2D eigenvalue weighted by molar-refractivity contribution is 5.97. The smallest absolute Gasteiger partial charge is 0.267 e. The van der Waals surface area contributed by atoms with Gasteiger partial charge in [-0.3, -0.25) is 4.79 Å². The van der Waals surface area contributed by atoms with Crippen LogP contribution in [0, 0.1) is 11.7 Å². The van der Waals surface area contributed by atoms with Crippen molar-refractivity contribution < 1.29 is 13.9 Å². The molecule has 0 aliphatic heterocycles. The maximum absolute atomic E-state index is 13.7. The van der Waals surface area contributed by atoms with Crippen molar-refractivity contribution in [1.29, 1.82) is 0 Å². The van der Waals surface area contributed by atoms with Crippen LogP contribution in [0.25, 0.3) is 10.9 Å². The molecule has 1 aliphatic carbocycles. The van der Waals surface area contributed by atoms with E-state index in [1.54, 1.807) is 19.2 Å². The van der Waals surface area contributed by atoms with Crippen LogP contribution in [-0.2, 0) is 0 Å². The number of fused-ring (bicyclic) bond motifs is 1. The van der Waals surface area contributed by atoms with E-state index >= 15 is 0 Å². The summed E-state index contributed by atoms with van der Waals surface area (Å²) in [6, 6.07) is 14.6. The third-order valence-electron chi connectivity index (χ3n) is 6.51. The lowest BCUT2D eigenvalue weighted by molar-refractivity contribution is 0.0948. The van der Waals surface area contributed by atoms with Crippen molar-refractivity contribution in [2.45, 2.75) is 38.5 Å². The third-order valence-corrected chi connectivity index (χ3v) is 6.51. The van der Waals surface area contributed by atoms with Gasteiger partial charge in [-0.25, -0.2) is 4.39 Å². The van der Waals surface area contributed by atoms with E-state index in [0.717, 1.165) is 67.5 Å². The number of nitrogens with zero attached hydrogens (tertiary/aromatic N) is 1. The fraction of sp³-hybridized carbons (Fsp3) is 0.444. The van der Waals surface area contributed by atoms with Crippen molar-refractivity contribution >= 4 is 29.2 Å². The average Bonchev–Trinajstić information content (AvgIpc) is 3.44. The van der Waals surface area contributed by atoms with Crippen LogP contribution >= 0.6 is 12.4 Å². The lowest BCUT2D eigenvalue weighted by atomic mass is 10.1. The van der Waals surface area contributed by atoms with Gasteiger partial charge in [-0.2, -0.15) is 0 Å². The lowest BCUT2D eigenvalue weighted by Gasteiger charge is -2.22. The number of para-hydroxylation sites is 1. The molecule has 4 rings (SSSR count). The predicted molar refractivity (Wildman–Crippen MR) is 138 cm³/mol. The zero-order valence-corrected chi connectivity index (χ0v) is 20.8. The highest BCUT2D eigenvalue weighted by atomic mass is 35.5. The Kier molecular flexibility index (Phi) is 9.36. The summed E-state index contributed by atoms with van der Waals surface area (Å²) >= 11 is 0. The highest BCUT2D eigenvalue weighted by Gasteiger charge is 2.40. The monoisotopic (exact) mass is 487 g/mol. The standard InChI is InChI=1S/C27H34FN3O2.ClH/c1-3-13-31(18-20-15-22(20)23-17-21(28)10-11-26(23)33-2)14-7-6-12-29-27(32)25-16-19-8-4-5-9-24(19)30-25;/h4-5,8-11,16-17,20,22,30H,3,6-7,12-15,18H2,1-2H3,(H,29,32);1H. The van der Waals surface area contributed by atoms with E-state index in [0.29, 0.717) is 24.1 Å². The maximum atomic E-state index is 13.7. The fourth-order valence-electron chi connectivity index (χ4n) is 4.72. The number of H-pyrrole nitrogens is 1. The van der Waals surface area contributed by atoms with Gasteiger partial charge in [0.2, 0.25) is 0 Å². The minimum absolute atomic E-state index is 0. The normalized spacial score (nSPS) is 16.9. The molecule has 2 atom stereocenters. The SMILES string of the molecule is CCCN(CCCCNC(=O)c1cc2ccccc2[nH]1)CC1CC1c1cc(F)ccc1OC.Cl. The summed E-state index contributed by atoms with van der Waals surface area (Å²) in [5.74, 6) is 1.47. The van der Waals surface area contributed by atoms with Crippen LogP contribution in [0.15, 0.2) is 48.5 Å². The van der Waals surface area contributed by atoms with Gasteiger partial charge in [-0.15, -0.1) is 12.4 Å². The van der Waals surface area contributed by atoms with Crippen molar-refractivity contribution in [1.82, 2.24) is 15.2 Å². The Morgan fingerprint density at radius 3 is 2.76 bits per heavy atom. The van der Waals surface area contributed by atoms with Crippen molar-refractivity contribution in [3.8, 4) is 5.75 Å². The van der Waals surface area contributed by atoms with Gasteiger partial charge in [-0.1, -0.05) is 25.1 Å². The van der Waals surface area contributed by atoms with E-state index in [1.807, 2.05) is 30.3 Å². The predicted octanol–water partition coefficient (Wildman–Crippen LogP) is 5.76. The number of carbonyl (C=O) groups excluding carboxylic acids is 1. The second-order valence-electron chi connectivity index (χ2n) is 9.02. The molecule has 2 N–H and O–H groups in total. The van der Waals surface area contributed by atoms with Crippen LogP contribution in [0.1, 0.15) is 54.6 Å². The molecule has 2 unspecified atom stereocenters. The van der Waals surface area contributed by atoms with E-state index in [1.165, 1.54) is 6.07 Å². The van der Waals surface area contributed by atoms with E-state index < -0.39 is 0 Å². The number of unbranched alkanes of at least 4 members (excludes halogenated alkanes) is 1. The number of halogens is 2. The van der Waals surface area contributed by atoms with E-state index in [9.17, 15) is 9.18 Å². The van der Waals surface area contributed by atoms with Crippen LogP contribution in [0.5, 0.6) is 5.75 Å². The van der Waals surface area contributed by atoms with Gasteiger partial charge in [0.15, 0.2) is 0 Å². The molecule has 1 saturated carbocycles. The molecule has 184 valence electrons. The van der Waals surface area contributed by atoms with Crippen LogP contribution in [0.4, 0.5) is 4.39 Å². The van der Waals surface area contributed by atoms with Crippen molar-refractivity contribution in [2.75, 3.05) is 33.3 Å². The number of aromatic amines is 1. The molecular formula is C27H35ClFN3O2. The zero-order chi connectivity index (χ0) is 23.2. The molecule has 2 aromatic carbocycles. The summed E-state index contributed by atoms with van der Waals surface area (Å²) in [7, 11) is 1.65. The Labute approximate surface area is 207 Å². The molecule has 0 saturated heterocycles. The molecule has 34 heavy (non-hydrogen) atoms. The first-order chi connectivity index (χ1) is 16.1. The molecule has 1 aromatic heterocycles. The minimum atomic E-state index is -0.198. The van der Waals surface area contributed by atoms with Crippen molar-refractivity contribution in [3.05, 3.63) is 65.6 Å². The number of carbonyl (C=O) groups is 1. The van der Waals surface area contributed by atoms with E-state index in [2.05, 4.69) is 22.1 Å². The molecule has 0 spiro atoms. The fourth-order valence-corrected chi connectivity index (χ4v) is 4.72. The highest BCUT2D eigenvalue weighted by Crippen LogP contribution is 2.50. The second-order valence-corrected chi connectivity index (χ2v) is 9.02. The largest absolute Gasteiger partial charge is 0.496 e. The topological polar surface area (TPSA) is 57.4 Å². The summed E-state index contributed by atoms with van der Waals surface area (Å²) in [5.41, 5.74) is 2.59. The zero-order valence-electron chi connectivity index (χ0n) is 20.0. The number of amides is 1. The van der Waals surface area contributed by atoms with Gasteiger partial charge in [0, 0.05) is 29.6 Å². The summed E-state index contributed by atoms with van der Waals surface area (Å²) in [5, 5.41) is 4.08. The minimum Gasteiger partial charge on any atom is -0.496 e. The van der Waals surface area contributed by atoms with Gasteiger partial charge in [-0.05, 0) is 80.9 Å². The molecule has 1 fully saturated rings. The lowest BCUT2D eigenvalue weighted by Crippen LogP contribution is -2.30. The van der Waals surface area contributed by atoms with Crippen LogP contribution in [-0.4, -0.2) is 49.1 Å². The molecular weight excluding hydrogens is 453 g/mol. The molecule has 1 aliphatic rings. The Morgan fingerprint density at radius 2 is 2.00 bits per heavy atom. The summed E-state index contributed by atoms with van der Waals surface area (Å²) in [4.78, 5) is 18.1. The number of methoxy groups -OCH3 is 1. The van der Waals surface area contributed by atoms with Crippen LogP contribution in [0.2, 0.25) is 0 Å². The first kappa shape index (κ1) is 26.0. The van der Waals surface area contributed by atoms with Gasteiger partial charge < -0.3 is 19.9 Å². The summed E-state index contributed by atoms with van der Waals surface area (Å²) in [6.45, 7) is 5.97. The summed E-state index contributed by atoms with van der Waals surface area (Å²) in [6.07, 6.45) is 4.17. The van der Waals surface area contributed by atoms with E-state index in [-0.39, 0.29) is 24.1 Å². The first-order valence-corrected chi connectivity index (χ1v) is 12.0. The number of rotatable bonds is 12. The molecule has 0 radical (unpaired) electrons. The Balaban J connectivity index is 0.00000324. The van der Waals surface area contributed by atoms with E-state index in [4.69, 9.17) is 4.74 Å². The average molecular weight is 488 g/mol. The number of hydrogen-bond acceptors (Lipinski definition) is 3. The van der Waals surface area contributed by atoms with Crippen LogP contribution < -0.4 is 10.1 Å². The first-order valence-electron chi connectivity index (χ1n) is 12.0. The Hall–Kier alpha value is -2.57. The molecule has 7 heteroatoms. The number of ether oxygens (including phenoxy) is 1. The number of hydrogen-bond donors (Lipinski definition) is 2. The van der Waals surface area contributed by atoms with Gasteiger partial charge >= 0.3 is 0 Å². The van der Waals surface area contributed by atoms with Crippen molar-refractivity contribution in [3.63, 3.8) is 0 Å². The Bertz CT molecular complexity index is 1050. The molecule has 0 bridgehead atoms. The van der Waals surface area contributed by atoms with Crippen LogP contribution in [0.3, 0.4) is 0 Å². The number of nitrogens with one attached hydrogen (secondary N) is 2. The molecule has 3 aromatic rings. The number of benzene rings is 2. The van der Waals surface area contributed by atoms with Gasteiger partial charge in [0.05, 0.1) is 7.11 Å². The Morgan fingerprint density at radius 1 is 1.18 bits per heavy atom. The second kappa shape index (κ2) is 12.2.